The summed E-state index contributed by atoms with van der Waals surface area (Å²) < 4.78 is 5.52. The van der Waals surface area contributed by atoms with Crippen LogP contribution in [-0.4, -0.2) is 49.8 Å². The van der Waals surface area contributed by atoms with Gasteiger partial charge in [-0.2, -0.15) is 0 Å². The van der Waals surface area contributed by atoms with Gasteiger partial charge in [0.1, 0.15) is 0 Å². The predicted octanol–water partition coefficient (Wildman–Crippen LogP) is 1.73. The van der Waals surface area contributed by atoms with Gasteiger partial charge >= 0.3 is 0 Å². The lowest BCUT2D eigenvalue weighted by molar-refractivity contribution is 0.0366. The highest BCUT2D eigenvalue weighted by atomic mass is 16.5. The van der Waals surface area contributed by atoms with Crippen molar-refractivity contribution in [2.24, 2.45) is 0 Å². The van der Waals surface area contributed by atoms with Gasteiger partial charge in [0.25, 0.3) is 0 Å². The minimum absolute atomic E-state index is 0.132. The van der Waals surface area contributed by atoms with Gasteiger partial charge in [-0.1, -0.05) is 13.8 Å². The molecule has 3 heteroatoms. The Labute approximate surface area is 95.2 Å². The number of rotatable bonds is 8. The van der Waals surface area contributed by atoms with E-state index in [0.29, 0.717) is 6.04 Å². The number of ether oxygens (including phenoxy) is 1. The SMILES string of the molecule is CCOCC(NC)C(C)(C)N(CC)CC. The van der Waals surface area contributed by atoms with E-state index in [4.69, 9.17) is 4.74 Å². The topological polar surface area (TPSA) is 24.5 Å². The molecule has 0 saturated carbocycles. The molecule has 1 unspecified atom stereocenters. The molecule has 0 aliphatic rings. The average Bonchev–Trinajstić information content (AvgIpc) is 2.20. The Balaban J connectivity index is 4.47. The largest absolute Gasteiger partial charge is 0.380 e. The summed E-state index contributed by atoms with van der Waals surface area (Å²) in [5, 5.41) is 3.36. The first-order valence-corrected chi connectivity index (χ1v) is 6.04. The molecule has 1 atom stereocenters. The molecule has 15 heavy (non-hydrogen) atoms. The third-order valence-electron chi connectivity index (χ3n) is 3.27. The molecule has 0 heterocycles. The highest BCUT2D eigenvalue weighted by Gasteiger charge is 2.32. The van der Waals surface area contributed by atoms with Crippen LogP contribution in [0.2, 0.25) is 0 Å². The quantitative estimate of drug-likeness (QED) is 0.669. The molecular formula is C12H28N2O. The fourth-order valence-corrected chi connectivity index (χ4v) is 2.14. The highest BCUT2D eigenvalue weighted by Crippen LogP contribution is 2.18. The van der Waals surface area contributed by atoms with E-state index in [2.05, 4.69) is 37.9 Å². The molecule has 0 radical (unpaired) electrons. The van der Waals surface area contributed by atoms with Crippen molar-refractivity contribution in [3.05, 3.63) is 0 Å². The maximum absolute atomic E-state index is 5.52. The molecule has 0 spiro atoms. The summed E-state index contributed by atoms with van der Waals surface area (Å²) in [5.41, 5.74) is 0.132. The van der Waals surface area contributed by atoms with E-state index in [9.17, 15) is 0 Å². The van der Waals surface area contributed by atoms with Gasteiger partial charge in [-0.05, 0) is 40.9 Å². The summed E-state index contributed by atoms with van der Waals surface area (Å²) in [6.45, 7) is 14.7. The smallest absolute Gasteiger partial charge is 0.0637 e. The first-order valence-electron chi connectivity index (χ1n) is 6.04. The van der Waals surface area contributed by atoms with Crippen LogP contribution in [-0.2, 0) is 4.74 Å². The third kappa shape index (κ3) is 4.09. The van der Waals surface area contributed by atoms with Gasteiger partial charge in [0.15, 0.2) is 0 Å². The standard InChI is InChI=1S/C12H28N2O/c1-7-14(8-2)12(4,5)11(13-6)10-15-9-3/h11,13H,7-10H2,1-6H3. The van der Waals surface area contributed by atoms with Crippen molar-refractivity contribution in [3.63, 3.8) is 0 Å². The van der Waals surface area contributed by atoms with Gasteiger partial charge in [-0.25, -0.2) is 0 Å². The normalized spacial score (nSPS) is 14.6. The molecule has 0 aromatic carbocycles. The van der Waals surface area contributed by atoms with Crippen molar-refractivity contribution in [1.29, 1.82) is 0 Å². The molecule has 3 nitrogen and oxygen atoms in total. The fourth-order valence-electron chi connectivity index (χ4n) is 2.14. The van der Waals surface area contributed by atoms with Crippen LogP contribution < -0.4 is 5.32 Å². The van der Waals surface area contributed by atoms with E-state index >= 15 is 0 Å². The maximum atomic E-state index is 5.52. The van der Waals surface area contributed by atoms with Crippen LogP contribution >= 0.6 is 0 Å². The van der Waals surface area contributed by atoms with E-state index in [1.54, 1.807) is 0 Å². The van der Waals surface area contributed by atoms with Crippen molar-refractivity contribution < 1.29 is 4.74 Å². The highest BCUT2D eigenvalue weighted by molar-refractivity contribution is 4.92. The van der Waals surface area contributed by atoms with Crippen LogP contribution in [0.1, 0.15) is 34.6 Å². The Morgan fingerprint density at radius 3 is 2.07 bits per heavy atom. The molecule has 92 valence electrons. The lowest BCUT2D eigenvalue weighted by Gasteiger charge is -2.43. The second kappa shape index (κ2) is 7.20. The van der Waals surface area contributed by atoms with E-state index in [0.717, 1.165) is 26.3 Å². The number of hydrogen-bond donors (Lipinski definition) is 1. The van der Waals surface area contributed by atoms with E-state index in [1.807, 2.05) is 14.0 Å². The summed E-state index contributed by atoms with van der Waals surface area (Å²) in [4.78, 5) is 2.47. The van der Waals surface area contributed by atoms with E-state index in [-0.39, 0.29) is 5.54 Å². The Kier molecular flexibility index (Phi) is 7.14. The second-order valence-corrected chi connectivity index (χ2v) is 4.33. The second-order valence-electron chi connectivity index (χ2n) is 4.33. The zero-order chi connectivity index (χ0) is 11.9. The fraction of sp³-hybridized carbons (Fsp3) is 1.00. The number of hydrogen-bond acceptors (Lipinski definition) is 3. The van der Waals surface area contributed by atoms with Gasteiger partial charge in [-0.15, -0.1) is 0 Å². The van der Waals surface area contributed by atoms with Crippen molar-refractivity contribution in [2.45, 2.75) is 46.2 Å². The number of likely N-dealkylation sites (N-methyl/N-ethyl adjacent to an activating group) is 2. The zero-order valence-electron chi connectivity index (χ0n) is 11.3. The lowest BCUT2D eigenvalue weighted by atomic mass is 9.92. The van der Waals surface area contributed by atoms with Crippen molar-refractivity contribution in [2.75, 3.05) is 33.4 Å². The van der Waals surface area contributed by atoms with Gasteiger partial charge in [0, 0.05) is 18.2 Å². The number of nitrogens with zero attached hydrogens (tertiary/aromatic N) is 1. The molecule has 0 aromatic heterocycles. The van der Waals surface area contributed by atoms with Crippen LogP contribution in [0.25, 0.3) is 0 Å². The molecule has 0 bridgehead atoms. The Hall–Kier alpha value is -0.120. The molecule has 0 rings (SSSR count). The van der Waals surface area contributed by atoms with Crippen LogP contribution in [0.3, 0.4) is 0 Å². The van der Waals surface area contributed by atoms with Gasteiger partial charge in [0.05, 0.1) is 6.61 Å². The summed E-state index contributed by atoms with van der Waals surface area (Å²) in [7, 11) is 2.01. The monoisotopic (exact) mass is 216 g/mol. The maximum Gasteiger partial charge on any atom is 0.0637 e. The summed E-state index contributed by atoms with van der Waals surface area (Å²) in [6, 6.07) is 0.373. The molecule has 1 N–H and O–H groups in total. The number of nitrogens with one attached hydrogen (secondary N) is 1. The Morgan fingerprint density at radius 1 is 1.20 bits per heavy atom. The minimum Gasteiger partial charge on any atom is -0.380 e. The molecule has 0 aliphatic heterocycles. The molecule has 0 fully saturated rings. The van der Waals surface area contributed by atoms with Crippen molar-refractivity contribution in [1.82, 2.24) is 10.2 Å². The van der Waals surface area contributed by atoms with E-state index in [1.165, 1.54) is 0 Å². The summed E-state index contributed by atoms with van der Waals surface area (Å²) >= 11 is 0. The van der Waals surface area contributed by atoms with Crippen LogP contribution in [0, 0.1) is 0 Å². The zero-order valence-corrected chi connectivity index (χ0v) is 11.3. The summed E-state index contributed by atoms with van der Waals surface area (Å²) in [5.74, 6) is 0. The molecule has 0 aromatic rings. The predicted molar refractivity (Wildman–Crippen MR) is 66.3 cm³/mol. The van der Waals surface area contributed by atoms with Gasteiger partial charge < -0.3 is 10.1 Å². The first-order chi connectivity index (χ1) is 7.04. The first kappa shape index (κ1) is 14.9. The average molecular weight is 216 g/mol. The molecular weight excluding hydrogens is 188 g/mol. The molecule has 0 aliphatic carbocycles. The summed E-state index contributed by atoms with van der Waals surface area (Å²) in [6.07, 6.45) is 0. The van der Waals surface area contributed by atoms with Crippen molar-refractivity contribution >= 4 is 0 Å². The van der Waals surface area contributed by atoms with E-state index < -0.39 is 0 Å². The van der Waals surface area contributed by atoms with Crippen LogP contribution in [0.5, 0.6) is 0 Å². The Morgan fingerprint density at radius 2 is 1.73 bits per heavy atom. The van der Waals surface area contributed by atoms with Crippen molar-refractivity contribution in [3.8, 4) is 0 Å². The van der Waals surface area contributed by atoms with Crippen LogP contribution in [0.4, 0.5) is 0 Å². The molecule has 0 saturated heterocycles. The minimum atomic E-state index is 0.132. The van der Waals surface area contributed by atoms with Crippen LogP contribution in [0.15, 0.2) is 0 Å². The van der Waals surface area contributed by atoms with Gasteiger partial charge in [0.2, 0.25) is 0 Å². The third-order valence-corrected chi connectivity index (χ3v) is 3.27. The Bertz CT molecular complexity index is 156. The lowest BCUT2D eigenvalue weighted by Crippen LogP contribution is -2.58. The molecule has 0 amide bonds. The van der Waals surface area contributed by atoms with Gasteiger partial charge in [-0.3, -0.25) is 4.90 Å².